The minimum Gasteiger partial charge on any atom is -0.454 e. The summed E-state index contributed by atoms with van der Waals surface area (Å²) in [7, 11) is 0. The van der Waals surface area contributed by atoms with Gasteiger partial charge < -0.3 is 14.0 Å². The third-order valence-corrected chi connectivity index (χ3v) is 3.56. The zero-order valence-electron chi connectivity index (χ0n) is 11.4. The molecule has 0 amide bonds. The number of rotatable bonds is 2. The Kier molecular flexibility index (Phi) is 2.73. The van der Waals surface area contributed by atoms with Crippen LogP contribution in [-0.4, -0.2) is 11.4 Å². The molecule has 1 aromatic carbocycles. The molecule has 3 rings (SSSR count). The van der Waals surface area contributed by atoms with Crippen LogP contribution in [0.3, 0.4) is 0 Å². The van der Waals surface area contributed by atoms with Crippen LogP contribution in [0.2, 0.25) is 0 Å². The SMILES string of the molecule is CCn1cc(C(C)C)c(=O)c2cc3c(cc21)OCO3. The van der Waals surface area contributed by atoms with Gasteiger partial charge in [-0.1, -0.05) is 13.8 Å². The Bertz CT molecular complexity index is 701. The van der Waals surface area contributed by atoms with Crippen molar-refractivity contribution in [1.82, 2.24) is 4.57 Å². The summed E-state index contributed by atoms with van der Waals surface area (Å²) in [4.78, 5) is 12.5. The van der Waals surface area contributed by atoms with E-state index < -0.39 is 0 Å². The van der Waals surface area contributed by atoms with Crippen LogP contribution in [0.25, 0.3) is 10.9 Å². The van der Waals surface area contributed by atoms with Crippen LogP contribution in [0, 0.1) is 0 Å². The Hall–Kier alpha value is -1.97. The second-order valence-electron chi connectivity index (χ2n) is 5.08. The van der Waals surface area contributed by atoms with Crippen LogP contribution >= 0.6 is 0 Å². The number of aromatic nitrogens is 1. The van der Waals surface area contributed by atoms with Crippen molar-refractivity contribution in [2.75, 3.05) is 6.79 Å². The maximum absolute atomic E-state index is 12.5. The molecule has 0 radical (unpaired) electrons. The molecule has 4 heteroatoms. The van der Waals surface area contributed by atoms with Crippen molar-refractivity contribution in [3.63, 3.8) is 0 Å². The van der Waals surface area contributed by atoms with Gasteiger partial charge in [0.1, 0.15) is 0 Å². The molecular formula is C15H17NO3. The third-order valence-electron chi connectivity index (χ3n) is 3.56. The fraction of sp³-hybridized carbons (Fsp3) is 0.400. The summed E-state index contributed by atoms with van der Waals surface area (Å²) in [5.74, 6) is 1.58. The third kappa shape index (κ3) is 1.79. The van der Waals surface area contributed by atoms with E-state index in [-0.39, 0.29) is 18.1 Å². The van der Waals surface area contributed by atoms with E-state index in [1.54, 1.807) is 6.07 Å². The Balaban J connectivity index is 2.40. The van der Waals surface area contributed by atoms with E-state index in [4.69, 9.17) is 9.47 Å². The Morgan fingerprint density at radius 1 is 1.26 bits per heavy atom. The van der Waals surface area contributed by atoms with Gasteiger partial charge in [-0.25, -0.2) is 0 Å². The zero-order chi connectivity index (χ0) is 13.6. The van der Waals surface area contributed by atoms with Crippen LogP contribution in [0.1, 0.15) is 32.3 Å². The van der Waals surface area contributed by atoms with Crippen LogP contribution in [0.15, 0.2) is 23.1 Å². The van der Waals surface area contributed by atoms with Gasteiger partial charge in [0.15, 0.2) is 16.9 Å². The molecular weight excluding hydrogens is 242 g/mol. The van der Waals surface area contributed by atoms with Gasteiger partial charge in [0.2, 0.25) is 6.79 Å². The predicted molar refractivity (Wildman–Crippen MR) is 74.1 cm³/mol. The highest BCUT2D eigenvalue weighted by molar-refractivity contribution is 5.84. The highest BCUT2D eigenvalue weighted by Gasteiger charge is 2.18. The Morgan fingerprint density at radius 2 is 1.95 bits per heavy atom. The number of aryl methyl sites for hydroxylation is 1. The van der Waals surface area contributed by atoms with E-state index >= 15 is 0 Å². The zero-order valence-corrected chi connectivity index (χ0v) is 11.4. The van der Waals surface area contributed by atoms with E-state index in [2.05, 4.69) is 11.5 Å². The second kappa shape index (κ2) is 4.30. The normalized spacial score (nSPS) is 13.5. The molecule has 2 heterocycles. The Morgan fingerprint density at radius 3 is 2.58 bits per heavy atom. The predicted octanol–water partition coefficient (Wildman–Crippen LogP) is 2.87. The van der Waals surface area contributed by atoms with Crippen LogP contribution in [-0.2, 0) is 6.54 Å². The molecule has 0 saturated carbocycles. The molecule has 100 valence electrons. The van der Waals surface area contributed by atoms with Crippen molar-refractivity contribution in [3.05, 3.63) is 34.1 Å². The quantitative estimate of drug-likeness (QED) is 0.832. The lowest BCUT2D eigenvalue weighted by Gasteiger charge is -2.14. The first-order valence-electron chi connectivity index (χ1n) is 6.58. The summed E-state index contributed by atoms with van der Waals surface area (Å²) < 4.78 is 12.8. The number of benzene rings is 1. The molecule has 0 atom stereocenters. The molecule has 0 spiro atoms. The molecule has 0 fully saturated rings. The number of pyridine rings is 1. The molecule has 1 aliphatic rings. The number of hydrogen-bond donors (Lipinski definition) is 0. The number of ether oxygens (including phenoxy) is 2. The molecule has 0 N–H and O–H groups in total. The molecule has 2 aromatic rings. The molecule has 0 aliphatic carbocycles. The van der Waals surface area contributed by atoms with Crippen LogP contribution in [0.4, 0.5) is 0 Å². The topological polar surface area (TPSA) is 40.5 Å². The van der Waals surface area contributed by atoms with Crippen molar-refractivity contribution in [3.8, 4) is 11.5 Å². The van der Waals surface area contributed by atoms with Crippen LogP contribution in [0.5, 0.6) is 11.5 Å². The first-order chi connectivity index (χ1) is 9.11. The maximum atomic E-state index is 12.5. The van der Waals surface area contributed by atoms with E-state index in [1.807, 2.05) is 26.1 Å². The highest BCUT2D eigenvalue weighted by atomic mass is 16.7. The second-order valence-corrected chi connectivity index (χ2v) is 5.08. The van der Waals surface area contributed by atoms with E-state index in [1.165, 1.54) is 0 Å². The fourth-order valence-corrected chi connectivity index (χ4v) is 2.48. The number of fused-ring (bicyclic) bond motifs is 2. The largest absolute Gasteiger partial charge is 0.454 e. The maximum Gasteiger partial charge on any atom is 0.231 e. The van der Waals surface area contributed by atoms with Gasteiger partial charge in [-0.3, -0.25) is 4.79 Å². The fourth-order valence-electron chi connectivity index (χ4n) is 2.48. The highest BCUT2D eigenvalue weighted by Crippen LogP contribution is 2.35. The van der Waals surface area contributed by atoms with E-state index in [0.29, 0.717) is 16.9 Å². The molecule has 1 aromatic heterocycles. The van der Waals surface area contributed by atoms with Gasteiger partial charge in [-0.05, 0) is 18.9 Å². The average molecular weight is 259 g/mol. The lowest BCUT2D eigenvalue weighted by molar-refractivity contribution is 0.174. The summed E-state index contributed by atoms with van der Waals surface area (Å²) in [5, 5.41) is 0.706. The van der Waals surface area contributed by atoms with E-state index in [9.17, 15) is 4.79 Å². The van der Waals surface area contributed by atoms with Gasteiger partial charge in [0.25, 0.3) is 0 Å². The lowest BCUT2D eigenvalue weighted by Crippen LogP contribution is -2.15. The van der Waals surface area contributed by atoms with Gasteiger partial charge in [0, 0.05) is 29.8 Å². The summed E-state index contributed by atoms with van der Waals surface area (Å²) >= 11 is 0. The Labute approximate surface area is 111 Å². The first kappa shape index (κ1) is 12.1. The van der Waals surface area contributed by atoms with Crippen molar-refractivity contribution < 1.29 is 9.47 Å². The lowest BCUT2D eigenvalue weighted by atomic mass is 10.0. The minimum atomic E-state index is 0.0907. The monoisotopic (exact) mass is 259 g/mol. The minimum absolute atomic E-state index is 0.0907. The van der Waals surface area contributed by atoms with E-state index in [0.717, 1.165) is 17.6 Å². The van der Waals surface area contributed by atoms with Crippen molar-refractivity contribution in [2.45, 2.75) is 33.2 Å². The number of hydrogen-bond acceptors (Lipinski definition) is 3. The molecule has 19 heavy (non-hydrogen) atoms. The summed E-state index contributed by atoms with van der Waals surface area (Å²) in [6, 6.07) is 3.70. The molecule has 0 bridgehead atoms. The number of nitrogens with zero attached hydrogens (tertiary/aromatic N) is 1. The molecule has 0 unspecified atom stereocenters. The van der Waals surface area contributed by atoms with Crippen molar-refractivity contribution >= 4 is 10.9 Å². The standard InChI is InChI=1S/C15H17NO3/c1-4-16-7-11(9(2)3)15(17)10-5-13-14(6-12(10)16)19-8-18-13/h5-7,9H,4,8H2,1-3H3. The first-order valence-corrected chi connectivity index (χ1v) is 6.58. The average Bonchev–Trinajstić information content (AvgIpc) is 2.84. The van der Waals surface area contributed by atoms with Gasteiger partial charge >= 0.3 is 0 Å². The van der Waals surface area contributed by atoms with Gasteiger partial charge in [-0.15, -0.1) is 0 Å². The smallest absolute Gasteiger partial charge is 0.231 e. The molecule has 0 saturated heterocycles. The summed E-state index contributed by atoms with van der Waals surface area (Å²) in [5.41, 5.74) is 1.84. The molecule has 1 aliphatic heterocycles. The summed E-state index contributed by atoms with van der Waals surface area (Å²) in [6.07, 6.45) is 1.96. The van der Waals surface area contributed by atoms with Crippen molar-refractivity contribution in [2.24, 2.45) is 0 Å². The van der Waals surface area contributed by atoms with Gasteiger partial charge in [-0.2, -0.15) is 0 Å². The van der Waals surface area contributed by atoms with Gasteiger partial charge in [0.05, 0.1) is 5.52 Å². The summed E-state index contributed by atoms with van der Waals surface area (Å²) in [6.45, 7) is 7.18. The van der Waals surface area contributed by atoms with Crippen LogP contribution < -0.4 is 14.9 Å². The molecule has 4 nitrogen and oxygen atoms in total. The van der Waals surface area contributed by atoms with Crippen molar-refractivity contribution in [1.29, 1.82) is 0 Å².